The Morgan fingerprint density at radius 3 is 2.46 bits per heavy atom. The molecule has 2 aromatic heterocycles. The Balaban J connectivity index is 2.15. The van der Waals surface area contributed by atoms with E-state index in [1.54, 1.807) is 4.40 Å². The molecule has 3 rings (SSSR count). The fraction of sp³-hybridized carbons (Fsp3) is 0.368. The van der Waals surface area contributed by atoms with E-state index in [9.17, 15) is 9.90 Å². The molecule has 0 saturated carbocycles. The van der Waals surface area contributed by atoms with Crippen molar-refractivity contribution in [2.45, 2.75) is 46.0 Å². The Morgan fingerprint density at radius 2 is 1.92 bits per heavy atom. The number of hydrogen-bond donors (Lipinski definition) is 1. The first-order valence-electron chi connectivity index (χ1n) is 8.16. The maximum absolute atomic E-state index is 11.8. The van der Waals surface area contributed by atoms with E-state index in [0.717, 1.165) is 22.6 Å². The molecule has 0 aliphatic carbocycles. The minimum Gasteiger partial charge on any atom is -0.477 e. The molecular weight excluding hydrogens is 320 g/mol. The number of aromatic carboxylic acids is 1. The summed E-state index contributed by atoms with van der Waals surface area (Å²) in [6, 6.07) is 8.35. The lowest BCUT2D eigenvalue weighted by Crippen LogP contribution is -2.10. The van der Waals surface area contributed by atoms with Gasteiger partial charge < -0.3 is 5.11 Å². The van der Waals surface area contributed by atoms with E-state index < -0.39 is 5.97 Å². The molecule has 24 heavy (non-hydrogen) atoms. The lowest BCUT2D eigenvalue weighted by atomic mass is 9.86. The van der Waals surface area contributed by atoms with Crippen LogP contribution >= 0.6 is 11.3 Å². The zero-order chi connectivity index (χ0) is 17.5. The fourth-order valence-electron chi connectivity index (χ4n) is 2.88. The normalized spacial score (nSPS) is 12.0. The summed E-state index contributed by atoms with van der Waals surface area (Å²) in [7, 11) is 0. The van der Waals surface area contributed by atoms with E-state index >= 15 is 0 Å². The highest BCUT2D eigenvalue weighted by Gasteiger charge is 2.22. The molecule has 0 saturated heterocycles. The van der Waals surface area contributed by atoms with Crippen LogP contribution in [0.25, 0.3) is 16.2 Å². The van der Waals surface area contributed by atoms with Crippen molar-refractivity contribution in [1.29, 1.82) is 0 Å². The summed E-state index contributed by atoms with van der Waals surface area (Å²) in [4.78, 5) is 17.1. The monoisotopic (exact) mass is 342 g/mol. The average Bonchev–Trinajstić information content (AvgIpc) is 3.05. The fourth-order valence-corrected chi connectivity index (χ4v) is 3.79. The van der Waals surface area contributed by atoms with Gasteiger partial charge in [0.25, 0.3) is 0 Å². The molecule has 4 nitrogen and oxygen atoms in total. The maximum Gasteiger partial charge on any atom is 0.354 e. The van der Waals surface area contributed by atoms with Gasteiger partial charge in [-0.05, 0) is 23.0 Å². The SMILES string of the molecule is CCCc1nc2scc(-c3ccc(C(C)(C)C)cc3)n2c1C(=O)O. The largest absolute Gasteiger partial charge is 0.477 e. The van der Waals surface area contributed by atoms with Crippen molar-refractivity contribution in [3.05, 3.63) is 46.6 Å². The van der Waals surface area contributed by atoms with Crippen molar-refractivity contribution in [2.75, 3.05) is 0 Å². The molecule has 1 N–H and O–H groups in total. The predicted molar refractivity (Wildman–Crippen MR) is 98.2 cm³/mol. The van der Waals surface area contributed by atoms with Crippen LogP contribution < -0.4 is 0 Å². The number of thiazole rings is 1. The van der Waals surface area contributed by atoms with Gasteiger partial charge in [-0.15, -0.1) is 11.3 Å². The quantitative estimate of drug-likeness (QED) is 0.725. The van der Waals surface area contributed by atoms with Gasteiger partial charge in [-0.1, -0.05) is 58.4 Å². The first kappa shape index (κ1) is 16.7. The topological polar surface area (TPSA) is 54.6 Å². The van der Waals surface area contributed by atoms with Crippen LogP contribution in [0, 0.1) is 0 Å². The molecular formula is C19H22N2O2S. The summed E-state index contributed by atoms with van der Waals surface area (Å²) in [6.07, 6.45) is 1.55. The smallest absolute Gasteiger partial charge is 0.354 e. The number of fused-ring (bicyclic) bond motifs is 1. The molecule has 5 heteroatoms. The molecule has 0 amide bonds. The van der Waals surface area contributed by atoms with Crippen LogP contribution in [-0.2, 0) is 11.8 Å². The molecule has 2 heterocycles. The first-order chi connectivity index (χ1) is 11.3. The predicted octanol–water partition coefficient (Wildman–Crippen LogP) is 5.01. The molecule has 3 aromatic rings. The van der Waals surface area contributed by atoms with E-state index in [-0.39, 0.29) is 5.41 Å². The third kappa shape index (κ3) is 2.84. The van der Waals surface area contributed by atoms with Gasteiger partial charge in [0.1, 0.15) is 0 Å². The Hall–Kier alpha value is -2.14. The molecule has 0 aliphatic rings. The molecule has 0 bridgehead atoms. The maximum atomic E-state index is 11.8. The van der Waals surface area contributed by atoms with Crippen molar-refractivity contribution < 1.29 is 9.90 Å². The van der Waals surface area contributed by atoms with Crippen LogP contribution in [0.4, 0.5) is 0 Å². The van der Waals surface area contributed by atoms with Crippen LogP contribution in [0.2, 0.25) is 0 Å². The Kier molecular flexibility index (Phi) is 4.22. The number of carboxylic acids is 1. The van der Waals surface area contributed by atoms with Gasteiger partial charge in [-0.2, -0.15) is 0 Å². The van der Waals surface area contributed by atoms with E-state index in [4.69, 9.17) is 0 Å². The number of carboxylic acid groups (broad SMARTS) is 1. The summed E-state index contributed by atoms with van der Waals surface area (Å²) in [5, 5.41) is 11.6. The summed E-state index contributed by atoms with van der Waals surface area (Å²) in [5.41, 5.74) is 4.22. The number of imidazole rings is 1. The number of hydrogen-bond acceptors (Lipinski definition) is 3. The van der Waals surface area contributed by atoms with Gasteiger partial charge in [-0.3, -0.25) is 4.40 Å². The van der Waals surface area contributed by atoms with E-state index in [0.29, 0.717) is 17.8 Å². The van der Waals surface area contributed by atoms with Gasteiger partial charge in [0.05, 0.1) is 11.4 Å². The molecule has 0 unspecified atom stereocenters. The second kappa shape index (κ2) is 6.06. The molecule has 0 spiro atoms. The number of aromatic nitrogens is 2. The van der Waals surface area contributed by atoms with Crippen molar-refractivity contribution >= 4 is 22.3 Å². The summed E-state index contributed by atoms with van der Waals surface area (Å²) >= 11 is 1.49. The molecule has 0 fully saturated rings. The molecule has 126 valence electrons. The Morgan fingerprint density at radius 1 is 1.25 bits per heavy atom. The molecule has 0 atom stereocenters. The lowest BCUT2D eigenvalue weighted by Gasteiger charge is -2.19. The zero-order valence-electron chi connectivity index (χ0n) is 14.5. The number of aryl methyl sites for hydroxylation is 1. The third-order valence-corrected chi connectivity index (χ3v) is 5.00. The average molecular weight is 342 g/mol. The van der Waals surface area contributed by atoms with Crippen molar-refractivity contribution in [2.24, 2.45) is 0 Å². The molecule has 0 aliphatic heterocycles. The molecule has 0 radical (unpaired) electrons. The van der Waals surface area contributed by atoms with Crippen LogP contribution in [0.15, 0.2) is 29.6 Å². The summed E-state index contributed by atoms with van der Waals surface area (Å²) in [6.45, 7) is 8.58. The van der Waals surface area contributed by atoms with Crippen molar-refractivity contribution in [3.8, 4) is 11.3 Å². The molecule has 1 aromatic carbocycles. The van der Waals surface area contributed by atoms with E-state index in [1.165, 1.54) is 16.9 Å². The van der Waals surface area contributed by atoms with Crippen LogP contribution in [0.1, 0.15) is 55.9 Å². The number of carbonyl (C=O) groups is 1. The van der Waals surface area contributed by atoms with E-state index in [2.05, 4.69) is 50.0 Å². The summed E-state index contributed by atoms with van der Waals surface area (Å²) < 4.78 is 1.78. The lowest BCUT2D eigenvalue weighted by molar-refractivity contribution is 0.0688. The Labute approximate surface area is 145 Å². The number of rotatable bonds is 4. The highest BCUT2D eigenvalue weighted by Crippen LogP contribution is 2.31. The van der Waals surface area contributed by atoms with E-state index in [1.807, 2.05) is 12.3 Å². The van der Waals surface area contributed by atoms with Crippen LogP contribution in [0.3, 0.4) is 0 Å². The van der Waals surface area contributed by atoms with Gasteiger partial charge in [-0.25, -0.2) is 9.78 Å². The second-order valence-corrected chi connectivity index (χ2v) is 7.87. The Bertz CT molecular complexity index is 883. The zero-order valence-corrected chi connectivity index (χ0v) is 15.3. The minimum absolute atomic E-state index is 0.0953. The highest BCUT2D eigenvalue weighted by atomic mass is 32.1. The van der Waals surface area contributed by atoms with Crippen molar-refractivity contribution in [3.63, 3.8) is 0 Å². The van der Waals surface area contributed by atoms with Crippen LogP contribution in [0.5, 0.6) is 0 Å². The van der Waals surface area contributed by atoms with Crippen molar-refractivity contribution in [1.82, 2.24) is 9.38 Å². The van der Waals surface area contributed by atoms with Gasteiger partial charge in [0.15, 0.2) is 10.7 Å². The number of nitrogens with zero attached hydrogens (tertiary/aromatic N) is 2. The minimum atomic E-state index is -0.920. The highest BCUT2D eigenvalue weighted by molar-refractivity contribution is 7.15. The standard InChI is InChI=1S/C19H22N2O2S/c1-5-6-14-16(17(22)23)21-15(11-24-18(21)20-14)12-7-9-13(10-8-12)19(2,3)4/h7-11H,5-6H2,1-4H3,(H,22,23). The second-order valence-electron chi connectivity index (χ2n) is 7.03. The number of benzene rings is 1. The third-order valence-electron chi connectivity index (χ3n) is 4.17. The van der Waals surface area contributed by atoms with Gasteiger partial charge in [0, 0.05) is 5.38 Å². The summed E-state index contributed by atoms with van der Waals surface area (Å²) in [5.74, 6) is -0.920. The van der Waals surface area contributed by atoms with Crippen LogP contribution in [-0.4, -0.2) is 20.5 Å². The van der Waals surface area contributed by atoms with Gasteiger partial charge >= 0.3 is 5.97 Å². The van der Waals surface area contributed by atoms with Gasteiger partial charge in [0.2, 0.25) is 0 Å². The first-order valence-corrected chi connectivity index (χ1v) is 9.04.